The summed E-state index contributed by atoms with van der Waals surface area (Å²) >= 11 is 0. The van der Waals surface area contributed by atoms with Crippen molar-refractivity contribution in [1.29, 1.82) is 0 Å². The van der Waals surface area contributed by atoms with Crippen LogP contribution in [0.1, 0.15) is 39.3 Å². The number of carbonyl (C=O) groups excluding carboxylic acids is 2. The van der Waals surface area contributed by atoms with Gasteiger partial charge in [0.1, 0.15) is 5.69 Å². The Hall–Kier alpha value is -2.40. The van der Waals surface area contributed by atoms with Gasteiger partial charge in [0.2, 0.25) is 0 Å². The second-order valence-electron chi connectivity index (χ2n) is 6.50. The summed E-state index contributed by atoms with van der Waals surface area (Å²) < 4.78 is 1.73. The van der Waals surface area contributed by atoms with E-state index < -0.39 is 0 Å². The summed E-state index contributed by atoms with van der Waals surface area (Å²) in [7, 11) is 1.80. The van der Waals surface area contributed by atoms with Gasteiger partial charge in [0, 0.05) is 37.8 Å². The van der Waals surface area contributed by atoms with Gasteiger partial charge in [0.25, 0.3) is 5.91 Å². The molecule has 126 valence electrons. The van der Waals surface area contributed by atoms with Crippen LogP contribution in [-0.2, 0) is 7.05 Å². The van der Waals surface area contributed by atoms with Gasteiger partial charge in [0.15, 0.2) is 5.78 Å². The molecule has 1 fully saturated rings. The van der Waals surface area contributed by atoms with Gasteiger partial charge in [-0.3, -0.25) is 9.59 Å². The molecule has 5 heteroatoms. The van der Waals surface area contributed by atoms with Gasteiger partial charge < -0.3 is 15.2 Å². The number of aromatic nitrogens is 1. The normalized spacial score (nSPS) is 20.4. The first-order chi connectivity index (χ1) is 11.5. The van der Waals surface area contributed by atoms with Crippen molar-refractivity contribution in [3.8, 4) is 0 Å². The largest absolute Gasteiger partial charge is 0.346 e. The topological polar surface area (TPSA) is 68.3 Å². The van der Waals surface area contributed by atoms with E-state index in [2.05, 4.69) is 12.1 Å². The molecule has 0 unspecified atom stereocenters. The van der Waals surface area contributed by atoms with Crippen molar-refractivity contribution in [3.05, 3.63) is 59.4 Å². The van der Waals surface area contributed by atoms with Crippen molar-refractivity contribution >= 4 is 11.7 Å². The predicted octanol–water partition coefficient (Wildman–Crippen LogP) is 2.04. The Kier molecular flexibility index (Phi) is 4.53. The third-order valence-electron chi connectivity index (χ3n) is 4.89. The Morgan fingerprint density at radius 2 is 1.92 bits per heavy atom. The molecule has 1 saturated heterocycles. The van der Waals surface area contributed by atoms with Gasteiger partial charge >= 0.3 is 0 Å². The van der Waals surface area contributed by atoms with Gasteiger partial charge in [-0.15, -0.1) is 0 Å². The maximum Gasteiger partial charge on any atom is 0.270 e. The van der Waals surface area contributed by atoms with Gasteiger partial charge in [-0.25, -0.2) is 0 Å². The molecule has 2 heterocycles. The minimum Gasteiger partial charge on any atom is -0.346 e. The SMILES string of the molecule is CC(=O)c1cc(C(=O)N2C[C@@H](CN)[C@H](c3ccccc3)C2)n(C)c1. The number of Topliss-reactive ketones (excluding diaryl/α,β-unsaturated/α-hetero) is 1. The highest BCUT2D eigenvalue weighted by Crippen LogP contribution is 2.32. The number of rotatable bonds is 4. The van der Waals surface area contributed by atoms with Gasteiger partial charge in [-0.05, 0) is 31.0 Å². The van der Waals surface area contributed by atoms with E-state index in [1.54, 1.807) is 23.9 Å². The van der Waals surface area contributed by atoms with Crippen LogP contribution in [0, 0.1) is 5.92 Å². The van der Waals surface area contributed by atoms with Crippen LogP contribution in [0.4, 0.5) is 0 Å². The molecule has 2 atom stereocenters. The van der Waals surface area contributed by atoms with E-state index in [0.29, 0.717) is 30.9 Å². The first-order valence-corrected chi connectivity index (χ1v) is 8.23. The molecule has 3 rings (SSSR count). The van der Waals surface area contributed by atoms with Crippen molar-refractivity contribution < 1.29 is 9.59 Å². The minimum atomic E-state index is -0.0399. The van der Waals surface area contributed by atoms with Crippen molar-refractivity contribution in [2.75, 3.05) is 19.6 Å². The molecule has 5 nitrogen and oxygen atoms in total. The second-order valence-corrected chi connectivity index (χ2v) is 6.50. The van der Waals surface area contributed by atoms with Crippen LogP contribution in [0.15, 0.2) is 42.6 Å². The summed E-state index contributed by atoms with van der Waals surface area (Å²) in [6, 6.07) is 11.9. The number of ketones is 1. The Morgan fingerprint density at radius 1 is 1.21 bits per heavy atom. The lowest BCUT2D eigenvalue weighted by Crippen LogP contribution is -2.31. The number of carbonyl (C=O) groups is 2. The standard InChI is InChI=1S/C19H23N3O2/c1-13(23)15-8-18(21(2)10-15)19(24)22-11-16(9-20)17(12-22)14-6-4-3-5-7-14/h3-8,10,16-17H,9,11-12,20H2,1-2H3/t16-,17+/m1/s1. The number of hydrogen-bond donors (Lipinski definition) is 1. The second kappa shape index (κ2) is 6.61. The summed E-state index contributed by atoms with van der Waals surface area (Å²) in [5.41, 5.74) is 8.28. The molecule has 0 saturated carbocycles. The van der Waals surface area contributed by atoms with Crippen molar-refractivity contribution in [1.82, 2.24) is 9.47 Å². The average molecular weight is 325 g/mol. The molecule has 1 aliphatic rings. The predicted molar refractivity (Wildman–Crippen MR) is 93.0 cm³/mol. The molecule has 0 spiro atoms. The molecule has 1 aliphatic heterocycles. The fourth-order valence-electron chi connectivity index (χ4n) is 3.49. The Bertz CT molecular complexity index is 751. The average Bonchev–Trinajstić information content (AvgIpc) is 3.19. The summed E-state index contributed by atoms with van der Waals surface area (Å²) in [6.07, 6.45) is 1.71. The van der Waals surface area contributed by atoms with E-state index in [1.165, 1.54) is 12.5 Å². The van der Waals surface area contributed by atoms with E-state index in [4.69, 9.17) is 5.73 Å². The smallest absolute Gasteiger partial charge is 0.270 e. The molecular weight excluding hydrogens is 302 g/mol. The van der Waals surface area contributed by atoms with E-state index in [1.807, 2.05) is 23.1 Å². The maximum atomic E-state index is 12.9. The number of aryl methyl sites for hydroxylation is 1. The number of hydrogen-bond acceptors (Lipinski definition) is 3. The third kappa shape index (κ3) is 2.99. The van der Waals surface area contributed by atoms with Crippen LogP contribution in [0.3, 0.4) is 0 Å². The molecule has 2 N–H and O–H groups in total. The van der Waals surface area contributed by atoms with Crippen LogP contribution in [0.5, 0.6) is 0 Å². The zero-order valence-corrected chi connectivity index (χ0v) is 14.1. The Morgan fingerprint density at radius 3 is 2.50 bits per heavy atom. The van der Waals surface area contributed by atoms with Crippen molar-refractivity contribution in [3.63, 3.8) is 0 Å². The first-order valence-electron chi connectivity index (χ1n) is 8.23. The minimum absolute atomic E-state index is 0.0342. The molecule has 1 amide bonds. The fraction of sp³-hybridized carbons (Fsp3) is 0.368. The molecule has 0 bridgehead atoms. The van der Waals surface area contributed by atoms with Gasteiger partial charge in [0.05, 0.1) is 0 Å². The number of nitrogens with zero attached hydrogens (tertiary/aromatic N) is 2. The summed E-state index contributed by atoms with van der Waals surface area (Å²) in [6.45, 7) is 3.37. The van der Waals surface area contributed by atoms with Crippen LogP contribution in [0.25, 0.3) is 0 Å². The van der Waals surface area contributed by atoms with Crippen LogP contribution >= 0.6 is 0 Å². The highest BCUT2D eigenvalue weighted by Gasteiger charge is 2.36. The molecule has 1 aromatic carbocycles. The zero-order valence-electron chi connectivity index (χ0n) is 14.1. The van der Waals surface area contributed by atoms with Crippen molar-refractivity contribution in [2.24, 2.45) is 18.7 Å². The molecule has 0 radical (unpaired) electrons. The van der Waals surface area contributed by atoms with E-state index in [9.17, 15) is 9.59 Å². The highest BCUT2D eigenvalue weighted by atomic mass is 16.2. The molecule has 0 aliphatic carbocycles. The monoisotopic (exact) mass is 325 g/mol. The maximum absolute atomic E-state index is 12.9. The summed E-state index contributed by atoms with van der Waals surface area (Å²) in [5, 5.41) is 0. The number of benzene rings is 1. The number of likely N-dealkylation sites (tertiary alicyclic amines) is 1. The Balaban J connectivity index is 1.83. The number of amides is 1. The zero-order chi connectivity index (χ0) is 17.3. The lowest BCUT2D eigenvalue weighted by Gasteiger charge is -2.17. The lowest BCUT2D eigenvalue weighted by atomic mass is 9.89. The molecular formula is C19H23N3O2. The quantitative estimate of drug-likeness (QED) is 0.875. The first kappa shape index (κ1) is 16.5. The highest BCUT2D eigenvalue weighted by molar-refractivity contribution is 5.99. The van der Waals surface area contributed by atoms with Crippen LogP contribution in [-0.4, -0.2) is 40.8 Å². The molecule has 24 heavy (non-hydrogen) atoms. The van der Waals surface area contributed by atoms with Crippen molar-refractivity contribution in [2.45, 2.75) is 12.8 Å². The Labute approximate surface area is 142 Å². The lowest BCUT2D eigenvalue weighted by molar-refractivity contribution is 0.0777. The van der Waals surface area contributed by atoms with Crippen LogP contribution in [0.2, 0.25) is 0 Å². The summed E-state index contributed by atoms with van der Waals surface area (Å²) in [4.78, 5) is 26.3. The molecule has 2 aromatic rings. The van der Waals surface area contributed by atoms with E-state index >= 15 is 0 Å². The van der Waals surface area contributed by atoms with Gasteiger partial charge in [-0.1, -0.05) is 30.3 Å². The fourth-order valence-corrected chi connectivity index (χ4v) is 3.49. The van der Waals surface area contributed by atoms with Crippen LogP contribution < -0.4 is 5.73 Å². The molecule has 1 aromatic heterocycles. The third-order valence-corrected chi connectivity index (χ3v) is 4.89. The van der Waals surface area contributed by atoms with Gasteiger partial charge in [-0.2, -0.15) is 0 Å². The number of nitrogens with two attached hydrogens (primary N) is 1. The summed E-state index contributed by atoms with van der Waals surface area (Å²) in [5.74, 6) is 0.437. The van der Waals surface area contributed by atoms with E-state index in [-0.39, 0.29) is 23.5 Å². The van der Waals surface area contributed by atoms with E-state index in [0.717, 1.165) is 0 Å².